The zero-order valence-corrected chi connectivity index (χ0v) is 24.3. The maximum absolute atomic E-state index is 13.3. The number of rotatable bonds is 12. The molecule has 1 aliphatic carbocycles. The normalized spacial score (nSPS) is 15.8. The van der Waals surface area contributed by atoms with Crippen molar-refractivity contribution < 1.29 is 52.4 Å². The Balaban J connectivity index is 2.04. The van der Waals surface area contributed by atoms with Gasteiger partial charge in [-0.1, -0.05) is 26.7 Å². The van der Waals surface area contributed by atoms with Crippen molar-refractivity contribution >= 4 is 51.8 Å². The molecule has 0 amide bonds. The standard InChI is InChI=1S/C22H26N2O12S4/c1-3-5-19(39(31,32)33)23-37(27,28)13-7-9-15-17(11-13)22(26)18-12-14(8-10-16(18)21(15)25)38(29,30)24-20(6-4-2)40(34,35)36/h7-12,19-20,23-24H,3-6H2,1-2H3,(H,31,32,33)(H,34,35,36). The molecule has 0 heterocycles. The SMILES string of the molecule is CCCC(NS(=O)(=O)c1ccc2c(c1)C(=O)c1cc(S(=O)(=O)NC(CCC)S(=O)(=O)O)ccc1C2=O)S(=O)(=O)O. The van der Waals surface area contributed by atoms with E-state index in [0.717, 1.165) is 36.4 Å². The summed E-state index contributed by atoms with van der Waals surface area (Å²) in [7, 11) is -18.9. The summed E-state index contributed by atoms with van der Waals surface area (Å²) in [5.74, 6) is -1.67. The van der Waals surface area contributed by atoms with E-state index >= 15 is 0 Å². The third-order valence-corrected chi connectivity index (χ3v) is 11.4. The zero-order valence-electron chi connectivity index (χ0n) is 21.1. The van der Waals surface area contributed by atoms with Crippen LogP contribution in [0.3, 0.4) is 0 Å². The van der Waals surface area contributed by atoms with Crippen LogP contribution in [0.15, 0.2) is 46.2 Å². The van der Waals surface area contributed by atoms with Crippen molar-refractivity contribution in [3.05, 3.63) is 58.7 Å². The molecule has 2 aromatic rings. The maximum atomic E-state index is 13.3. The van der Waals surface area contributed by atoms with Crippen LogP contribution in [0.4, 0.5) is 0 Å². The Morgan fingerprint density at radius 3 is 1.23 bits per heavy atom. The molecule has 4 N–H and O–H groups in total. The quantitative estimate of drug-likeness (QED) is 0.204. The molecule has 40 heavy (non-hydrogen) atoms. The molecule has 2 aromatic carbocycles. The number of carbonyl (C=O) groups is 2. The lowest BCUT2D eigenvalue weighted by molar-refractivity contribution is 0.0978. The van der Waals surface area contributed by atoms with E-state index in [2.05, 4.69) is 0 Å². The molecule has 0 fully saturated rings. The molecular weight excluding hydrogens is 613 g/mol. The maximum Gasteiger partial charge on any atom is 0.282 e. The number of hydrogen-bond donors (Lipinski definition) is 4. The lowest BCUT2D eigenvalue weighted by Gasteiger charge is -2.20. The Labute approximate surface area is 231 Å². The third-order valence-electron chi connectivity index (χ3n) is 5.98. The van der Waals surface area contributed by atoms with Crippen molar-refractivity contribution in [2.75, 3.05) is 0 Å². The topological polar surface area (TPSA) is 235 Å². The van der Waals surface area contributed by atoms with Gasteiger partial charge in [-0.2, -0.15) is 26.3 Å². The predicted molar refractivity (Wildman–Crippen MR) is 141 cm³/mol. The number of benzene rings is 2. The smallest absolute Gasteiger partial charge is 0.282 e. The second-order valence-electron chi connectivity index (χ2n) is 8.90. The van der Waals surface area contributed by atoms with Gasteiger partial charge in [0.1, 0.15) is 10.7 Å². The minimum Gasteiger partial charge on any atom is -0.289 e. The predicted octanol–water partition coefficient (Wildman–Crippen LogP) is 1.05. The lowest BCUT2D eigenvalue weighted by Crippen LogP contribution is -2.40. The van der Waals surface area contributed by atoms with Gasteiger partial charge in [-0.05, 0) is 49.2 Å². The summed E-state index contributed by atoms with van der Waals surface area (Å²) in [5.41, 5.74) is -1.22. The molecule has 220 valence electrons. The highest BCUT2D eigenvalue weighted by molar-refractivity contribution is 7.92. The fourth-order valence-corrected chi connectivity index (χ4v) is 9.03. The summed E-state index contributed by atoms with van der Waals surface area (Å²) >= 11 is 0. The summed E-state index contributed by atoms with van der Waals surface area (Å²) in [5, 5.41) is -3.73. The van der Waals surface area contributed by atoms with E-state index in [9.17, 15) is 52.4 Å². The van der Waals surface area contributed by atoms with E-state index in [1.165, 1.54) is 0 Å². The Kier molecular flexibility index (Phi) is 9.07. The highest BCUT2D eigenvalue weighted by Crippen LogP contribution is 2.31. The first-order valence-corrected chi connectivity index (χ1v) is 17.7. The second kappa shape index (κ2) is 11.4. The molecule has 0 saturated heterocycles. The van der Waals surface area contributed by atoms with Crippen LogP contribution in [0.25, 0.3) is 0 Å². The minimum atomic E-state index is -4.81. The van der Waals surface area contributed by atoms with Crippen LogP contribution in [-0.4, -0.2) is 65.1 Å². The number of carbonyl (C=O) groups excluding carboxylic acids is 2. The molecule has 0 radical (unpaired) electrons. The van der Waals surface area contributed by atoms with Crippen molar-refractivity contribution in [3.8, 4) is 0 Å². The summed E-state index contributed by atoms with van der Waals surface area (Å²) in [4.78, 5) is 25.2. The summed E-state index contributed by atoms with van der Waals surface area (Å²) < 4.78 is 120. The average Bonchev–Trinajstić information content (AvgIpc) is 2.85. The van der Waals surface area contributed by atoms with Gasteiger partial charge in [0.25, 0.3) is 20.2 Å². The van der Waals surface area contributed by atoms with Gasteiger partial charge >= 0.3 is 0 Å². The first kappa shape index (κ1) is 31.9. The van der Waals surface area contributed by atoms with Gasteiger partial charge in [-0.15, -0.1) is 0 Å². The van der Waals surface area contributed by atoms with E-state index in [0.29, 0.717) is 0 Å². The van der Waals surface area contributed by atoms with Gasteiger partial charge in [-0.25, -0.2) is 16.8 Å². The Bertz CT molecular complexity index is 1670. The van der Waals surface area contributed by atoms with Crippen LogP contribution >= 0.6 is 0 Å². The second-order valence-corrected chi connectivity index (χ2v) is 15.5. The van der Waals surface area contributed by atoms with E-state index in [4.69, 9.17) is 0 Å². The van der Waals surface area contributed by atoms with Crippen LogP contribution in [0.5, 0.6) is 0 Å². The molecule has 3 rings (SSSR count). The molecule has 14 nitrogen and oxygen atoms in total. The van der Waals surface area contributed by atoms with Gasteiger partial charge < -0.3 is 0 Å². The van der Waals surface area contributed by atoms with Crippen LogP contribution < -0.4 is 9.44 Å². The molecule has 0 saturated carbocycles. The van der Waals surface area contributed by atoms with Crippen molar-refractivity contribution in [2.45, 2.75) is 60.1 Å². The van der Waals surface area contributed by atoms with E-state index in [1.807, 2.05) is 9.44 Å². The van der Waals surface area contributed by atoms with E-state index in [1.54, 1.807) is 13.8 Å². The van der Waals surface area contributed by atoms with E-state index < -0.39 is 83.5 Å². The Morgan fingerprint density at radius 1 is 0.600 bits per heavy atom. The monoisotopic (exact) mass is 638 g/mol. The highest BCUT2D eigenvalue weighted by Gasteiger charge is 2.35. The van der Waals surface area contributed by atoms with Crippen LogP contribution in [0.2, 0.25) is 0 Å². The zero-order chi connectivity index (χ0) is 30.3. The molecular formula is C22H26N2O12S4. The number of sulfonamides is 2. The number of hydrogen-bond acceptors (Lipinski definition) is 10. The van der Waals surface area contributed by atoms with Crippen LogP contribution in [0.1, 0.15) is 71.4 Å². The summed E-state index contributed by atoms with van der Waals surface area (Å²) in [6.45, 7) is 3.12. The van der Waals surface area contributed by atoms with Gasteiger partial charge in [-0.3, -0.25) is 18.7 Å². The lowest BCUT2D eigenvalue weighted by atomic mass is 9.84. The fourth-order valence-electron chi connectivity index (χ4n) is 3.99. The average molecular weight is 639 g/mol. The van der Waals surface area contributed by atoms with Crippen molar-refractivity contribution in [2.24, 2.45) is 0 Å². The first-order valence-electron chi connectivity index (χ1n) is 11.7. The summed E-state index contributed by atoms with van der Waals surface area (Å²) in [6.07, 6.45) is -0.111. The van der Waals surface area contributed by atoms with Gasteiger partial charge in [0, 0.05) is 22.3 Å². The first-order chi connectivity index (χ1) is 18.3. The Hall–Kier alpha value is -2.58. The Morgan fingerprint density at radius 2 is 0.925 bits per heavy atom. The number of nitrogens with one attached hydrogen (secondary N) is 2. The van der Waals surface area contributed by atoms with Gasteiger partial charge in [0.05, 0.1) is 9.79 Å². The molecule has 0 spiro atoms. The van der Waals surface area contributed by atoms with E-state index in [-0.39, 0.29) is 36.8 Å². The number of fused-ring (bicyclic) bond motifs is 2. The highest BCUT2D eigenvalue weighted by atomic mass is 32.2. The molecule has 2 atom stereocenters. The molecule has 0 aromatic heterocycles. The minimum absolute atomic E-state index is 0.195. The van der Waals surface area contributed by atoms with Gasteiger partial charge in [0.15, 0.2) is 11.6 Å². The van der Waals surface area contributed by atoms with Crippen molar-refractivity contribution in [1.29, 1.82) is 0 Å². The number of ketones is 2. The van der Waals surface area contributed by atoms with Crippen LogP contribution in [-0.2, 0) is 40.3 Å². The molecule has 2 unspecified atom stereocenters. The van der Waals surface area contributed by atoms with Crippen LogP contribution in [0, 0.1) is 0 Å². The van der Waals surface area contributed by atoms with Gasteiger partial charge in [0.2, 0.25) is 20.0 Å². The molecule has 0 aliphatic heterocycles. The fraction of sp³-hybridized carbons (Fsp3) is 0.364. The third kappa shape index (κ3) is 6.65. The molecule has 0 bridgehead atoms. The molecule has 18 heteroatoms. The largest absolute Gasteiger partial charge is 0.289 e. The summed E-state index contributed by atoms with van der Waals surface area (Å²) in [6, 6.07) is 5.67. The van der Waals surface area contributed by atoms with Crippen molar-refractivity contribution in [1.82, 2.24) is 9.44 Å². The molecule has 1 aliphatic rings. The van der Waals surface area contributed by atoms with Crippen molar-refractivity contribution in [3.63, 3.8) is 0 Å².